The minimum absolute atomic E-state index is 0.0147. The molecule has 0 aliphatic carbocycles. The lowest BCUT2D eigenvalue weighted by atomic mass is 10.1. The summed E-state index contributed by atoms with van der Waals surface area (Å²) in [5.74, 6) is -1.20. The van der Waals surface area contributed by atoms with Crippen molar-refractivity contribution in [2.75, 3.05) is 13.2 Å². The number of esters is 2. The zero-order valence-electron chi connectivity index (χ0n) is 13.8. The molecular weight excluding hydrogens is 308 g/mol. The van der Waals surface area contributed by atoms with Gasteiger partial charge in [0.1, 0.15) is 5.56 Å². The van der Waals surface area contributed by atoms with Gasteiger partial charge in [-0.05, 0) is 19.9 Å². The third-order valence-corrected chi connectivity index (χ3v) is 3.90. The summed E-state index contributed by atoms with van der Waals surface area (Å²) in [6, 6.07) is 7.68. The minimum atomic E-state index is -0.629. The summed E-state index contributed by atoms with van der Waals surface area (Å²) >= 11 is 0. The van der Waals surface area contributed by atoms with Crippen molar-refractivity contribution in [1.29, 1.82) is 0 Å². The van der Waals surface area contributed by atoms with E-state index >= 15 is 0 Å². The SMILES string of the molecule is CCOC(=O)c1ncc2c(c1C(=O)OCC)c1ccccc1n2C. The molecule has 0 N–H and O–H groups in total. The molecule has 0 fully saturated rings. The molecule has 0 unspecified atom stereocenters. The number of pyridine rings is 1. The van der Waals surface area contributed by atoms with E-state index in [1.165, 1.54) is 0 Å². The van der Waals surface area contributed by atoms with Gasteiger partial charge in [0.25, 0.3) is 0 Å². The number of hydrogen-bond acceptors (Lipinski definition) is 5. The van der Waals surface area contributed by atoms with Gasteiger partial charge in [-0.3, -0.25) is 0 Å². The Balaban J connectivity index is 2.41. The largest absolute Gasteiger partial charge is 0.462 e. The van der Waals surface area contributed by atoms with E-state index < -0.39 is 11.9 Å². The van der Waals surface area contributed by atoms with Crippen molar-refractivity contribution in [2.24, 2.45) is 7.05 Å². The van der Waals surface area contributed by atoms with Gasteiger partial charge in [-0.25, -0.2) is 14.6 Å². The van der Waals surface area contributed by atoms with Crippen LogP contribution in [0.25, 0.3) is 21.8 Å². The average Bonchev–Trinajstić information content (AvgIpc) is 2.88. The molecule has 0 aliphatic rings. The van der Waals surface area contributed by atoms with E-state index in [-0.39, 0.29) is 24.5 Å². The zero-order valence-corrected chi connectivity index (χ0v) is 13.8. The molecule has 3 aromatic rings. The Labute approximate surface area is 139 Å². The molecule has 24 heavy (non-hydrogen) atoms. The Kier molecular flexibility index (Phi) is 4.20. The fourth-order valence-electron chi connectivity index (χ4n) is 2.89. The van der Waals surface area contributed by atoms with E-state index in [1.54, 1.807) is 20.0 Å². The van der Waals surface area contributed by atoms with Crippen LogP contribution in [-0.2, 0) is 16.5 Å². The van der Waals surface area contributed by atoms with Crippen LogP contribution >= 0.6 is 0 Å². The lowest BCUT2D eigenvalue weighted by Crippen LogP contribution is -2.16. The summed E-state index contributed by atoms with van der Waals surface area (Å²) in [7, 11) is 1.89. The van der Waals surface area contributed by atoms with Crippen molar-refractivity contribution >= 4 is 33.7 Å². The first-order valence-corrected chi connectivity index (χ1v) is 7.80. The Morgan fingerprint density at radius 3 is 2.42 bits per heavy atom. The highest BCUT2D eigenvalue weighted by atomic mass is 16.5. The molecule has 3 rings (SSSR count). The highest BCUT2D eigenvalue weighted by molar-refractivity contribution is 6.20. The molecule has 0 saturated heterocycles. The first-order valence-electron chi connectivity index (χ1n) is 7.80. The number of fused-ring (bicyclic) bond motifs is 3. The molecule has 0 amide bonds. The maximum absolute atomic E-state index is 12.6. The van der Waals surface area contributed by atoms with Crippen molar-refractivity contribution in [2.45, 2.75) is 13.8 Å². The van der Waals surface area contributed by atoms with Gasteiger partial charge in [-0.1, -0.05) is 18.2 Å². The predicted molar refractivity (Wildman–Crippen MR) is 90.1 cm³/mol. The van der Waals surface area contributed by atoms with Crippen molar-refractivity contribution in [3.05, 3.63) is 41.7 Å². The summed E-state index contributed by atoms with van der Waals surface area (Å²) in [6.45, 7) is 3.84. The van der Waals surface area contributed by atoms with Gasteiger partial charge < -0.3 is 14.0 Å². The topological polar surface area (TPSA) is 70.4 Å². The van der Waals surface area contributed by atoms with Gasteiger partial charge in [0.05, 0.1) is 24.9 Å². The van der Waals surface area contributed by atoms with Gasteiger partial charge in [-0.15, -0.1) is 0 Å². The monoisotopic (exact) mass is 326 g/mol. The molecule has 0 radical (unpaired) electrons. The maximum atomic E-state index is 12.6. The van der Waals surface area contributed by atoms with E-state index in [4.69, 9.17) is 9.47 Å². The number of aromatic nitrogens is 2. The summed E-state index contributed by atoms with van der Waals surface area (Å²) in [5, 5.41) is 1.52. The van der Waals surface area contributed by atoms with Crippen LogP contribution in [0.3, 0.4) is 0 Å². The fourth-order valence-corrected chi connectivity index (χ4v) is 2.89. The molecule has 0 saturated carbocycles. The summed E-state index contributed by atoms with van der Waals surface area (Å²) in [6.07, 6.45) is 1.59. The minimum Gasteiger partial charge on any atom is -0.462 e. The molecule has 2 heterocycles. The van der Waals surface area contributed by atoms with Crippen LogP contribution in [0.4, 0.5) is 0 Å². The van der Waals surface area contributed by atoms with Crippen LogP contribution in [0.15, 0.2) is 30.5 Å². The second kappa shape index (κ2) is 6.31. The van der Waals surface area contributed by atoms with Crippen LogP contribution in [0.2, 0.25) is 0 Å². The van der Waals surface area contributed by atoms with Gasteiger partial charge in [-0.2, -0.15) is 0 Å². The lowest BCUT2D eigenvalue weighted by Gasteiger charge is -2.09. The highest BCUT2D eigenvalue weighted by Crippen LogP contribution is 2.32. The van der Waals surface area contributed by atoms with Gasteiger partial charge in [0.15, 0.2) is 5.69 Å². The summed E-state index contributed by atoms with van der Waals surface area (Å²) in [5.41, 5.74) is 1.84. The number of hydrogen-bond donors (Lipinski definition) is 0. The van der Waals surface area contributed by atoms with E-state index in [0.717, 1.165) is 16.4 Å². The molecule has 6 nitrogen and oxygen atoms in total. The molecule has 0 bridgehead atoms. The van der Waals surface area contributed by atoms with Crippen molar-refractivity contribution < 1.29 is 19.1 Å². The van der Waals surface area contributed by atoms with Gasteiger partial charge in [0, 0.05) is 23.3 Å². The number of para-hydroxylation sites is 1. The molecule has 1 aromatic carbocycles. The second-order valence-electron chi connectivity index (χ2n) is 5.26. The predicted octanol–water partition coefficient (Wildman–Crippen LogP) is 3.08. The van der Waals surface area contributed by atoms with Crippen LogP contribution in [0, 0.1) is 0 Å². The number of benzene rings is 1. The third-order valence-electron chi connectivity index (χ3n) is 3.90. The van der Waals surface area contributed by atoms with Crippen LogP contribution in [0.5, 0.6) is 0 Å². The molecule has 2 aromatic heterocycles. The van der Waals surface area contributed by atoms with Crippen molar-refractivity contribution in [1.82, 2.24) is 9.55 Å². The van der Waals surface area contributed by atoms with Gasteiger partial charge in [0.2, 0.25) is 0 Å². The Bertz CT molecular complexity index is 943. The van der Waals surface area contributed by atoms with Crippen LogP contribution in [0.1, 0.15) is 34.7 Å². The van der Waals surface area contributed by atoms with Crippen molar-refractivity contribution in [3.8, 4) is 0 Å². The van der Waals surface area contributed by atoms with Gasteiger partial charge >= 0.3 is 11.9 Å². The molecular formula is C18H18N2O4. The first kappa shape index (κ1) is 16.0. The second-order valence-corrected chi connectivity index (χ2v) is 5.26. The average molecular weight is 326 g/mol. The smallest absolute Gasteiger partial charge is 0.357 e. The number of rotatable bonds is 4. The highest BCUT2D eigenvalue weighted by Gasteiger charge is 2.26. The quantitative estimate of drug-likeness (QED) is 0.689. The number of nitrogens with zero attached hydrogens (tertiary/aromatic N) is 2. The number of aryl methyl sites for hydroxylation is 1. The van der Waals surface area contributed by atoms with Crippen molar-refractivity contribution in [3.63, 3.8) is 0 Å². The van der Waals surface area contributed by atoms with E-state index in [2.05, 4.69) is 4.98 Å². The fraction of sp³-hybridized carbons (Fsp3) is 0.278. The lowest BCUT2D eigenvalue weighted by molar-refractivity contribution is 0.0475. The number of ether oxygens (including phenoxy) is 2. The summed E-state index contributed by atoms with van der Waals surface area (Å²) < 4.78 is 12.2. The Hall–Kier alpha value is -2.89. The molecule has 124 valence electrons. The standard InChI is InChI=1S/C18H18N2O4/c1-4-23-17(21)15-14-11-8-6-7-9-12(11)20(3)13(14)10-19-16(15)18(22)24-5-2/h6-10H,4-5H2,1-3H3. The summed E-state index contributed by atoms with van der Waals surface area (Å²) in [4.78, 5) is 29.0. The van der Waals surface area contributed by atoms with E-state index in [0.29, 0.717) is 5.39 Å². The Morgan fingerprint density at radius 2 is 1.71 bits per heavy atom. The Morgan fingerprint density at radius 1 is 1.04 bits per heavy atom. The van der Waals surface area contributed by atoms with E-state index in [1.807, 2.05) is 35.9 Å². The number of carbonyl (C=O) groups is 2. The third kappa shape index (κ3) is 2.40. The van der Waals surface area contributed by atoms with Crippen LogP contribution < -0.4 is 0 Å². The van der Waals surface area contributed by atoms with Crippen LogP contribution in [-0.4, -0.2) is 34.7 Å². The first-order chi connectivity index (χ1) is 11.6. The normalized spacial score (nSPS) is 11.0. The van der Waals surface area contributed by atoms with E-state index in [9.17, 15) is 9.59 Å². The maximum Gasteiger partial charge on any atom is 0.357 e. The molecule has 0 aliphatic heterocycles. The zero-order chi connectivity index (χ0) is 17.3. The number of carbonyl (C=O) groups excluding carboxylic acids is 2. The molecule has 6 heteroatoms. The molecule has 0 spiro atoms. The molecule has 0 atom stereocenters.